The fourth-order valence-electron chi connectivity index (χ4n) is 1.63. The molecule has 2 aromatic rings. The smallest absolute Gasteiger partial charge is 0.408 e. The Kier molecular flexibility index (Phi) is 2.15. The molecule has 0 bridgehead atoms. The maximum absolute atomic E-state index is 11.0. The predicted octanol–water partition coefficient (Wildman–Crippen LogP) is 2.32. The van der Waals surface area contributed by atoms with Gasteiger partial charge in [-0.1, -0.05) is 26.0 Å². The lowest BCUT2D eigenvalue weighted by molar-refractivity contribution is 0.546. The third-order valence-electron chi connectivity index (χ3n) is 2.16. The van der Waals surface area contributed by atoms with Crippen molar-refractivity contribution in [3.8, 4) is 0 Å². The number of aromatic nitrogens is 1. The Morgan fingerprint density at radius 1 is 1.43 bits per heavy atom. The third kappa shape index (κ3) is 1.58. The van der Waals surface area contributed by atoms with Gasteiger partial charge in [-0.05, 0) is 24.0 Å². The summed E-state index contributed by atoms with van der Waals surface area (Å²) in [6.07, 6.45) is 0.929. The zero-order valence-corrected chi connectivity index (χ0v) is 8.33. The third-order valence-corrected chi connectivity index (χ3v) is 2.16. The minimum atomic E-state index is -0.379. The molecule has 0 aliphatic heterocycles. The van der Waals surface area contributed by atoms with Crippen LogP contribution in [0.5, 0.6) is 0 Å². The normalized spacial score (nSPS) is 11.4. The highest BCUT2D eigenvalue weighted by atomic mass is 16.4. The van der Waals surface area contributed by atoms with Gasteiger partial charge < -0.3 is 4.42 Å². The first kappa shape index (κ1) is 9.06. The zero-order chi connectivity index (χ0) is 10.1. The highest BCUT2D eigenvalue weighted by Crippen LogP contribution is 2.18. The molecule has 0 atom stereocenters. The van der Waals surface area contributed by atoms with E-state index in [1.165, 1.54) is 0 Å². The molecular formula is C11H13NO2. The molecule has 1 N–H and O–H groups in total. The van der Waals surface area contributed by atoms with Crippen LogP contribution in [0.1, 0.15) is 19.4 Å². The lowest BCUT2D eigenvalue weighted by Gasteiger charge is -2.03. The Balaban J connectivity index is 2.58. The van der Waals surface area contributed by atoms with Crippen LogP contribution in [0.3, 0.4) is 0 Å². The van der Waals surface area contributed by atoms with Crippen molar-refractivity contribution in [3.63, 3.8) is 0 Å². The van der Waals surface area contributed by atoms with E-state index < -0.39 is 0 Å². The summed E-state index contributed by atoms with van der Waals surface area (Å²) in [5.74, 6) is 0.178. The van der Waals surface area contributed by atoms with Crippen molar-refractivity contribution in [1.82, 2.24) is 4.98 Å². The van der Waals surface area contributed by atoms with Crippen LogP contribution in [-0.2, 0) is 6.42 Å². The topological polar surface area (TPSA) is 46.0 Å². The lowest BCUT2D eigenvalue weighted by atomic mass is 10.0. The van der Waals surface area contributed by atoms with Crippen LogP contribution in [0.15, 0.2) is 27.4 Å². The average molecular weight is 191 g/mol. The molecule has 1 aromatic heterocycles. The van der Waals surface area contributed by atoms with Crippen LogP contribution in [0.25, 0.3) is 11.1 Å². The fourth-order valence-corrected chi connectivity index (χ4v) is 1.63. The first-order valence-corrected chi connectivity index (χ1v) is 4.77. The van der Waals surface area contributed by atoms with E-state index >= 15 is 0 Å². The summed E-state index contributed by atoms with van der Waals surface area (Å²) in [5.41, 5.74) is 2.58. The number of aromatic amines is 1. The first-order chi connectivity index (χ1) is 6.66. The number of hydrogen-bond acceptors (Lipinski definition) is 2. The number of H-pyrrole nitrogens is 1. The summed E-state index contributed by atoms with van der Waals surface area (Å²) in [6, 6.07) is 5.79. The monoisotopic (exact) mass is 191 g/mol. The minimum Gasteiger partial charge on any atom is -0.408 e. The molecule has 0 saturated heterocycles. The zero-order valence-electron chi connectivity index (χ0n) is 8.33. The van der Waals surface area contributed by atoms with Gasteiger partial charge in [-0.2, -0.15) is 0 Å². The predicted molar refractivity (Wildman–Crippen MR) is 55.4 cm³/mol. The van der Waals surface area contributed by atoms with E-state index in [1.807, 2.05) is 18.2 Å². The molecule has 0 radical (unpaired) electrons. The van der Waals surface area contributed by atoms with Gasteiger partial charge in [0.15, 0.2) is 5.58 Å². The van der Waals surface area contributed by atoms with Crippen LogP contribution in [0.2, 0.25) is 0 Å². The van der Waals surface area contributed by atoms with E-state index in [9.17, 15) is 4.79 Å². The molecule has 0 saturated carbocycles. The Hall–Kier alpha value is -1.51. The number of rotatable bonds is 2. The van der Waals surface area contributed by atoms with Crippen molar-refractivity contribution in [2.45, 2.75) is 20.3 Å². The molecule has 1 heterocycles. The molecule has 2 rings (SSSR count). The van der Waals surface area contributed by atoms with Gasteiger partial charge in [0.25, 0.3) is 0 Å². The molecule has 0 amide bonds. The number of fused-ring (bicyclic) bond motifs is 1. The molecular weight excluding hydrogens is 178 g/mol. The van der Waals surface area contributed by atoms with E-state index in [0.717, 1.165) is 17.5 Å². The second-order valence-electron chi connectivity index (χ2n) is 3.91. The van der Waals surface area contributed by atoms with Gasteiger partial charge in [0.1, 0.15) is 0 Å². The van der Waals surface area contributed by atoms with Crippen LogP contribution >= 0.6 is 0 Å². The number of oxazole rings is 1. The summed E-state index contributed by atoms with van der Waals surface area (Å²) < 4.78 is 5.09. The van der Waals surface area contributed by atoms with Gasteiger partial charge in [-0.15, -0.1) is 0 Å². The van der Waals surface area contributed by atoms with Gasteiger partial charge in [-0.3, -0.25) is 4.98 Å². The van der Waals surface area contributed by atoms with E-state index in [0.29, 0.717) is 11.5 Å². The molecule has 14 heavy (non-hydrogen) atoms. The van der Waals surface area contributed by atoms with Gasteiger partial charge in [0.05, 0.1) is 5.52 Å². The Morgan fingerprint density at radius 3 is 2.93 bits per heavy atom. The molecule has 3 heteroatoms. The standard InChI is InChI=1S/C11H13NO2/c1-7(2)6-8-4-3-5-9-10(8)14-11(13)12-9/h3-5,7H,6H2,1-2H3,(H,12,13). The summed E-state index contributed by atoms with van der Waals surface area (Å²) in [5, 5.41) is 0. The number of hydrogen-bond donors (Lipinski definition) is 1. The summed E-state index contributed by atoms with van der Waals surface area (Å²) in [4.78, 5) is 13.7. The number of nitrogens with one attached hydrogen (secondary N) is 1. The largest absolute Gasteiger partial charge is 0.417 e. The van der Waals surface area contributed by atoms with Crippen molar-refractivity contribution < 1.29 is 4.42 Å². The second kappa shape index (κ2) is 3.33. The molecule has 0 aliphatic carbocycles. The molecule has 74 valence electrons. The Morgan fingerprint density at radius 2 is 2.21 bits per heavy atom. The molecule has 1 aromatic carbocycles. The molecule has 0 spiro atoms. The molecule has 0 unspecified atom stereocenters. The quantitative estimate of drug-likeness (QED) is 0.791. The van der Waals surface area contributed by atoms with Gasteiger partial charge in [-0.25, -0.2) is 4.79 Å². The fraction of sp³-hybridized carbons (Fsp3) is 0.364. The van der Waals surface area contributed by atoms with E-state index in [1.54, 1.807) is 0 Å². The van der Waals surface area contributed by atoms with Crippen LogP contribution < -0.4 is 5.76 Å². The van der Waals surface area contributed by atoms with Crippen molar-refractivity contribution in [3.05, 3.63) is 34.3 Å². The first-order valence-electron chi connectivity index (χ1n) is 4.77. The van der Waals surface area contributed by atoms with Crippen molar-refractivity contribution >= 4 is 11.1 Å². The van der Waals surface area contributed by atoms with Crippen LogP contribution in [0.4, 0.5) is 0 Å². The summed E-state index contributed by atoms with van der Waals surface area (Å²) in [7, 11) is 0. The van der Waals surface area contributed by atoms with Crippen molar-refractivity contribution in [2.24, 2.45) is 5.92 Å². The van der Waals surface area contributed by atoms with Gasteiger partial charge in [0.2, 0.25) is 0 Å². The van der Waals surface area contributed by atoms with Crippen molar-refractivity contribution in [1.29, 1.82) is 0 Å². The molecule has 3 nitrogen and oxygen atoms in total. The highest BCUT2D eigenvalue weighted by Gasteiger charge is 2.07. The summed E-state index contributed by atoms with van der Waals surface area (Å²) in [6.45, 7) is 4.28. The Labute approximate surface area is 81.7 Å². The summed E-state index contributed by atoms with van der Waals surface area (Å²) >= 11 is 0. The second-order valence-corrected chi connectivity index (χ2v) is 3.91. The average Bonchev–Trinajstić information content (AvgIpc) is 2.45. The number of benzene rings is 1. The van der Waals surface area contributed by atoms with E-state index in [4.69, 9.17) is 4.42 Å². The van der Waals surface area contributed by atoms with Crippen LogP contribution in [0, 0.1) is 5.92 Å². The van der Waals surface area contributed by atoms with Gasteiger partial charge in [0, 0.05) is 0 Å². The molecule has 0 fully saturated rings. The maximum Gasteiger partial charge on any atom is 0.417 e. The molecule has 0 aliphatic rings. The highest BCUT2D eigenvalue weighted by molar-refractivity contribution is 5.75. The minimum absolute atomic E-state index is 0.379. The maximum atomic E-state index is 11.0. The number of para-hydroxylation sites is 1. The lowest BCUT2D eigenvalue weighted by Crippen LogP contribution is -1.94. The van der Waals surface area contributed by atoms with E-state index in [-0.39, 0.29) is 5.76 Å². The van der Waals surface area contributed by atoms with Crippen molar-refractivity contribution in [2.75, 3.05) is 0 Å². The Bertz CT molecular complexity index is 493. The van der Waals surface area contributed by atoms with Gasteiger partial charge >= 0.3 is 5.76 Å². The SMILES string of the molecule is CC(C)Cc1cccc2[nH]c(=O)oc12. The van der Waals surface area contributed by atoms with Crippen LogP contribution in [-0.4, -0.2) is 4.98 Å². The van der Waals surface area contributed by atoms with E-state index in [2.05, 4.69) is 18.8 Å².